The molecule has 0 spiro atoms. The maximum absolute atomic E-state index is 12.0. The Morgan fingerprint density at radius 1 is 1.16 bits per heavy atom. The number of benzene rings is 1. The molecule has 0 aliphatic rings. The third kappa shape index (κ3) is 5.08. The normalized spacial score (nSPS) is 11.8. The number of furan rings is 1. The number of phenolic OH excluding ortho intramolecular Hbond substituents is 1. The molecule has 132 valence electrons. The van der Waals surface area contributed by atoms with Crippen molar-refractivity contribution in [3.05, 3.63) is 59.1 Å². The van der Waals surface area contributed by atoms with E-state index in [2.05, 4.69) is 0 Å². The van der Waals surface area contributed by atoms with Crippen LogP contribution in [-0.4, -0.2) is 22.0 Å². The van der Waals surface area contributed by atoms with Gasteiger partial charge in [-0.25, -0.2) is 4.79 Å². The number of carboxylic acids is 1. The van der Waals surface area contributed by atoms with Gasteiger partial charge in [-0.15, -0.1) is 0 Å². The van der Waals surface area contributed by atoms with Crippen LogP contribution in [-0.2, 0) is 16.6 Å². The number of ketones is 1. The van der Waals surface area contributed by atoms with Crippen LogP contribution in [0.4, 0.5) is 0 Å². The number of carboxylic acid groups (broad SMARTS) is 1. The molecule has 1 aromatic heterocycles. The maximum Gasteiger partial charge on any atom is 0.371 e. The van der Waals surface area contributed by atoms with E-state index >= 15 is 0 Å². The number of aromatic hydroxyl groups is 1. The molecule has 25 heavy (non-hydrogen) atoms. The Balaban J connectivity index is 1.99. The Morgan fingerprint density at radius 3 is 2.48 bits per heavy atom. The van der Waals surface area contributed by atoms with Crippen LogP contribution in [0.5, 0.6) is 5.75 Å². The zero-order chi connectivity index (χ0) is 18.6. The Labute approximate surface area is 146 Å². The van der Waals surface area contributed by atoms with Gasteiger partial charge in [0.05, 0.1) is 0 Å². The molecule has 0 aliphatic carbocycles. The molecule has 0 radical (unpaired) electrons. The predicted molar refractivity (Wildman–Crippen MR) is 94.8 cm³/mol. The van der Waals surface area contributed by atoms with Gasteiger partial charge in [0.1, 0.15) is 11.5 Å². The van der Waals surface area contributed by atoms with E-state index in [0.717, 1.165) is 11.1 Å². The van der Waals surface area contributed by atoms with Crippen molar-refractivity contribution in [2.24, 2.45) is 0 Å². The number of aryl methyl sites for hydroxylation is 1. The van der Waals surface area contributed by atoms with Crippen LogP contribution in [0.2, 0.25) is 0 Å². The van der Waals surface area contributed by atoms with E-state index in [0.29, 0.717) is 12.2 Å². The second kappa shape index (κ2) is 7.38. The summed E-state index contributed by atoms with van der Waals surface area (Å²) in [4.78, 5) is 22.7. The van der Waals surface area contributed by atoms with Gasteiger partial charge >= 0.3 is 5.97 Å². The Morgan fingerprint density at radius 2 is 1.88 bits per heavy atom. The summed E-state index contributed by atoms with van der Waals surface area (Å²) in [5.74, 6) is -0.628. The van der Waals surface area contributed by atoms with Crippen molar-refractivity contribution >= 4 is 17.8 Å². The number of rotatable bonds is 6. The minimum absolute atomic E-state index is 0.0846. The molecular formula is C20H22O5. The van der Waals surface area contributed by atoms with Gasteiger partial charge in [0.2, 0.25) is 5.76 Å². The molecule has 2 rings (SSSR count). The lowest BCUT2D eigenvalue weighted by Crippen LogP contribution is -2.11. The molecule has 0 unspecified atom stereocenters. The number of phenols is 1. The number of hydrogen-bond acceptors (Lipinski definition) is 4. The molecule has 5 heteroatoms. The van der Waals surface area contributed by atoms with Crippen LogP contribution in [0.25, 0.3) is 6.08 Å². The highest BCUT2D eigenvalue weighted by Gasteiger charge is 2.18. The van der Waals surface area contributed by atoms with E-state index in [-0.39, 0.29) is 29.1 Å². The monoisotopic (exact) mass is 342 g/mol. The van der Waals surface area contributed by atoms with Gasteiger partial charge in [-0.2, -0.15) is 0 Å². The highest BCUT2D eigenvalue weighted by Crippen LogP contribution is 2.31. The zero-order valence-corrected chi connectivity index (χ0v) is 14.6. The smallest absolute Gasteiger partial charge is 0.371 e. The molecule has 0 atom stereocenters. The second-order valence-electron chi connectivity index (χ2n) is 6.90. The molecule has 2 aromatic rings. The molecule has 1 aromatic carbocycles. The summed E-state index contributed by atoms with van der Waals surface area (Å²) in [7, 11) is 0. The second-order valence-corrected chi connectivity index (χ2v) is 6.90. The van der Waals surface area contributed by atoms with Crippen LogP contribution in [0.1, 0.15) is 54.6 Å². The van der Waals surface area contributed by atoms with Gasteiger partial charge < -0.3 is 14.6 Å². The summed E-state index contributed by atoms with van der Waals surface area (Å²) >= 11 is 0. The highest BCUT2D eigenvalue weighted by atomic mass is 16.4. The molecule has 0 saturated heterocycles. The van der Waals surface area contributed by atoms with E-state index in [9.17, 15) is 14.7 Å². The van der Waals surface area contributed by atoms with E-state index in [1.807, 2.05) is 26.8 Å². The van der Waals surface area contributed by atoms with E-state index < -0.39 is 5.97 Å². The quantitative estimate of drug-likeness (QED) is 0.768. The van der Waals surface area contributed by atoms with E-state index in [1.165, 1.54) is 12.1 Å². The molecular weight excluding hydrogens is 320 g/mol. The number of hydrogen-bond donors (Lipinski definition) is 2. The van der Waals surface area contributed by atoms with Crippen LogP contribution in [0.15, 0.2) is 40.8 Å². The van der Waals surface area contributed by atoms with Crippen molar-refractivity contribution in [3.8, 4) is 5.75 Å². The van der Waals surface area contributed by atoms with Crippen molar-refractivity contribution in [1.82, 2.24) is 0 Å². The summed E-state index contributed by atoms with van der Waals surface area (Å²) in [5, 5.41) is 18.8. The first-order valence-corrected chi connectivity index (χ1v) is 8.03. The Kier molecular flexibility index (Phi) is 5.47. The van der Waals surface area contributed by atoms with Crippen LogP contribution in [0, 0.1) is 0 Å². The lowest BCUT2D eigenvalue weighted by Gasteiger charge is -2.20. The number of carbonyl (C=O) groups excluding carboxylic acids is 1. The topological polar surface area (TPSA) is 87.7 Å². The third-order valence-electron chi connectivity index (χ3n) is 3.78. The van der Waals surface area contributed by atoms with Gasteiger partial charge in [0, 0.05) is 12.8 Å². The first-order valence-electron chi connectivity index (χ1n) is 8.03. The summed E-state index contributed by atoms with van der Waals surface area (Å²) in [5.41, 5.74) is 1.46. The molecule has 0 amide bonds. The van der Waals surface area contributed by atoms with Crippen molar-refractivity contribution in [1.29, 1.82) is 0 Å². The standard InChI is InChI=1S/C20H22O5/c1-20(2,3)16-12-13(5-10-17(16)22)4-6-14(21)7-8-15-9-11-18(25-15)19(23)24/h4-6,9-12,22H,7-8H2,1-3H3,(H,23,24). The van der Waals surface area contributed by atoms with Gasteiger partial charge in [-0.3, -0.25) is 4.79 Å². The van der Waals surface area contributed by atoms with Gasteiger partial charge in [0.25, 0.3) is 0 Å². The summed E-state index contributed by atoms with van der Waals surface area (Å²) < 4.78 is 5.12. The van der Waals surface area contributed by atoms with Crippen molar-refractivity contribution in [2.75, 3.05) is 0 Å². The van der Waals surface area contributed by atoms with E-state index in [1.54, 1.807) is 24.3 Å². The van der Waals surface area contributed by atoms with Gasteiger partial charge in [-0.05, 0) is 46.9 Å². The molecule has 2 N–H and O–H groups in total. The first-order chi connectivity index (χ1) is 11.7. The van der Waals surface area contributed by atoms with Crippen molar-refractivity contribution < 1.29 is 24.2 Å². The number of allylic oxidation sites excluding steroid dienone is 1. The lowest BCUT2D eigenvalue weighted by atomic mass is 9.85. The molecule has 0 aliphatic heterocycles. The molecule has 0 bridgehead atoms. The molecule has 0 saturated carbocycles. The van der Waals surface area contributed by atoms with Crippen molar-refractivity contribution in [2.45, 2.75) is 39.0 Å². The fourth-order valence-corrected chi connectivity index (χ4v) is 2.40. The highest BCUT2D eigenvalue weighted by molar-refractivity contribution is 5.93. The Hall–Kier alpha value is -2.82. The fraction of sp³-hybridized carbons (Fsp3) is 0.300. The lowest BCUT2D eigenvalue weighted by molar-refractivity contribution is -0.114. The van der Waals surface area contributed by atoms with Crippen LogP contribution < -0.4 is 0 Å². The molecule has 1 heterocycles. The average Bonchev–Trinajstić information content (AvgIpc) is 3.00. The SMILES string of the molecule is CC(C)(C)c1cc(C=CC(=O)CCc2ccc(C(=O)O)o2)ccc1O. The minimum Gasteiger partial charge on any atom is -0.508 e. The summed E-state index contributed by atoms with van der Waals surface area (Å²) in [6, 6.07) is 8.18. The summed E-state index contributed by atoms with van der Waals surface area (Å²) in [6.07, 6.45) is 3.77. The van der Waals surface area contributed by atoms with Gasteiger partial charge in [0.15, 0.2) is 5.78 Å². The third-order valence-corrected chi connectivity index (χ3v) is 3.78. The minimum atomic E-state index is -1.13. The largest absolute Gasteiger partial charge is 0.508 e. The average molecular weight is 342 g/mol. The van der Waals surface area contributed by atoms with E-state index in [4.69, 9.17) is 9.52 Å². The van der Waals surface area contributed by atoms with Crippen LogP contribution >= 0.6 is 0 Å². The van der Waals surface area contributed by atoms with Crippen LogP contribution in [0.3, 0.4) is 0 Å². The fourth-order valence-electron chi connectivity index (χ4n) is 2.40. The summed E-state index contributed by atoms with van der Waals surface area (Å²) in [6.45, 7) is 6.03. The number of carbonyl (C=O) groups is 2. The van der Waals surface area contributed by atoms with Crippen molar-refractivity contribution in [3.63, 3.8) is 0 Å². The zero-order valence-electron chi connectivity index (χ0n) is 14.6. The molecule has 5 nitrogen and oxygen atoms in total. The predicted octanol–water partition coefficient (Wildman–Crippen LogP) is 4.20. The molecule has 0 fully saturated rings. The van der Waals surface area contributed by atoms with Gasteiger partial charge in [-0.1, -0.05) is 32.9 Å². The number of aromatic carboxylic acids is 1. The Bertz CT molecular complexity index is 806. The first kappa shape index (κ1) is 18.5. The maximum atomic E-state index is 12.0.